The summed E-state index contributed by atoms with van der Waals surface area (Å²) in [6, 6.07) is 16.6. The average molecular weight is 400 g/mol. The highest BCUT2D eigenvalue weighted by atomic mass is 32.2. The summed E-state index contributed by atoms with van der Waals surface area (Å²) >= 11 is 0. The quantitative estimate of drug-likeness (QED) is 0.822. The lowest BCUT2D eigenvalue weighted by Crippen LogP contribution is -2.58. The zero-order valence-electron chi connectivity index (χ0n) is 15.9. The number of carbonyl (C=O) groups excluding carboxylic acids is 1. The third kappa shape index (κ3) is 3.70. The lowest BCUT2D eigenvalue weighted by Gasteiger charge is -2.38. The van der Waals surface area contributed by atoms with Crippen LogP contribution in [0.3, 0.4) is 0 Å². The van der Waals surface area contributed by atoms with E-state index in [1.54, 1.807) is 18.2 Å². The molecule has 0 aliphatic carbocycles. The Kier molecular flexibility index (Phi) is 4.99. The van der Waals surface area contributed by atoms with Gasteiger partial charge in [-0.2, -0.15) is 4.31 Å². The SMILES string of the molecule is Cc1cccc(S(=O)(=O)N2CCC3(CC2)NC(=O)C(Cc2ccccc2)N3)c1. The van der Waals surface area contributed by atoms with Gasteiger partial charge in [-0.25, -0.2) is 8.42 Å². The second-order valence-corrected chi connectivity index (χ2v) is 9.62. The lowest BCUT2D eigenvalue weighted by molar-refractivity contribution is -0.121. The number of piperidine rings is 1. The third-order valence-corrected chi connectivity index (χ3v) is 7.51. The summed E-state index contributed by atoms with van der Waals surface area (Å²) in [6.45, 7) is 2.64. The number of sulfonamides is 1. The minimum atomic E-state index is -3.51. The van der Waals surface area contributed by atoms with E-state index in [1.807, 2.05) is 43.3 Å². The van der Waals surface area contributed by atoms with Gasteiger partial charge in [0.1, 0.15) is 0 Å². The Labute approximate surface area is 166 Å². The van der Waals surface area contributed by atoms with E-state index in [-0.39, 0.29) is 11.9 Å². The molecule has 2 heterocycles. The van der Waals surface area contributed by atoms with Gasteiger partial charge in [0.05, 0.1) is 16.6 Å². The Morgan fingerprint density at radius 1 is 1.07 bits per heavy atom. The highest BCUT2D eigenvalue weighted by Crippen LogP contribution is 2.29. The smallest absolute Gasteiger partial charge is 0.243 e. The van der Waals surface area contributed by atoms with Crippen molar-refractivity contribution in [3.8, 4) is 0 Å². The summed E-state index contributed by atoms with van der Waals surface area (Å²) < 4.78 is 27.4. The lowest BCUT2D eigenvalue weighted by atomic mass is 9.99. The minimum absolute atomic E-state index is 0.0150. The van der Waals surface area contributed by atoms with E-state index in [0.717, 1.165) is 11.1 Å². The predicted octanol–water partition coefficient (Wildman–Crippen LogP) is 1.81. The van der Waals surface area contributed by atoms with E-state index in [1.165, 1.54) is 4.31 Å². The summed E-state index contributed by atoms with van der Waals surface area (Å²) in [7, 11) is -3.51. The number of nitrogens with zero attached hydrogens (tertiary/aromatic N) is 1. The maximum Gasteiger partial charge on any atom is 0.243 e. The van der Waals surface area contributed by atoms with Crippen molar-refractivity contribution in [3.05, 3.63) is 65.7 Å². The van der Waals surface area contributed by atoms with E-state index >= 15 is 0 Å². The van der Waals surface area contributed by atoms with Crippen molar-refractivity contribution < 1.29 is 13.2 Å². The molecule has 1 amide bonds. The van der Waals surface area contributed by atoms with Gasteiger partial charge in [-0.05, 0) is 49.4 Å². The molecule has 7 heteroatoms. The Hall–Kier alpha value is -2.22. The molecule has 0 radical (unpaired) electrons. The predicted molar refractivity (Wildman–Crippen MR) is 107 cm³/mol. The van der Waals surface area contributed by atoms with Gasteiger partial charge in [-0.15, -0.1) is 0 Å². The van der Waals surface area contributed by atoms with Gasteiger partial charge in [0.15, 0.2) is 0 Å². The molecule has 0 saturated carbocycles. The molecule has 2 N–H and O–H groups in total. The fourth-order valence-corrected chi connectivity index (χ4v) is 5.60. The first kappa shape index (κ1) is 19.1. The van der Waals surface area contributed by atoms with Crippen molar-refractivity contribution in [1.82, 2.24) is 14.9 Å². The fraction of sp³-hybridized carbons (Fsp3) is 0.381. The first-order chi connectivity index (χ1) is 13.4. The molecule has 0 aromatic heterocycles. The molecule has 1 atom stereocenters. The van der Waals surface area contributed by atoms with Crippen molar-refractivity contribution in [2.75, 3.05) is 13.1 Å². The van der Waals surface area contributed by atoms with Gasteiger partial charge in [0, 0.05) is 13.1 Å². The largest absolute Gasteiger partial charge is 0.337 e. The van der Waals surface area contributed by atoms with Crippen LogP contribution in [0.15, 0.2) is 59.5 Å². The van der Waals surface area contributed by atoms with Gasteiger partial charge in [-0.3, -0.25) is 10.1 Å². The summed E-state index contributed by atoms with van der Waals surface area (Å²) in [6.07, 6.45) is 1.73. The van der Waals surface area contributed by atoms with Crippen molar-refractivity contribution >= 4 is 15.9 Å². The molecule has 28 heavy (non-hydrogen) atoms. The fourth-order valence-electron chi connectivity index (χ4n) is 4.05. The maximum absolute atomic E-state index is 12.9. The topological polar surface area (TPSA) is 78.5 Å². The second kappa shape index (κ2) is 7.31. The van der Waals surface area contributed by atoms with Crippen LogP contribution >= 0.6 is 0 Å². The molecule has 1 unspecified atom stereocenters. The van der Waals surface area contributed by atoms with Gasteiger partial charge in [0.2, 0.25) is 15.9 Å². The van der Waals surface area contributed by atoms with Crippen LogP contribution in [-0.2, 0) is 21.2 Å². The molecule has 2 fully saturated rings. The molecule has 1 spiro atoms. The molecule has 0 bridgehead atoms. The van der Waals surface area contributed by atoms with Crippen molar-refractivity contribution in [2.45, 2.75) is 42.8 Å². The van der Waals surface area contributed by atoms with Crippen LogP contribution in [0.4, 0.5) is 0 Å². The molecular weight excluding hydrogens is 374 g/mol. The maximum atomic E-state index is 12.9. The van der Waals surface area contributed by atoms with E-state index in [4.69, 9.17) is 0 Å². The molecule has 2 aliphatic rings. The number of hydrogen-bond acceptors (Lipinski definition) is 4. The molecule has 2 aliphatic heterocycles. The van der Waals surface area contributed by atoms with Gasteiger partial charge < -0.3 is 5.32 Å². The monoisotopic (exact) mass is 399 g/mol. The molecule has 2 saturated heterocycles. The summed E-state index contributed by atoms with van der Waals surface area (Å²) in [4.78, 5) is 12.8. The first-order valence-electron chi connectivity index (χ1n) is 9.58. The highest BCUT2D eigenvalue weighted by Gasteiger charge is 2.46. The van der Waals surface area contributed by atoms with Gasteiger partial charge in [-0.1, -0.05) is 42.5 Å². The van der Waals surface area contributed by atoms with Crippen LogP contribution in [-0.4, -0.2) is 43.4 Å². The molecule has 2 aromatic carbocycles. The number of nitrogens with one attached hydrogen (secondary N) is 2. The molecule has 6 nitrogen and oxygen atoms in total. The Morgan fingerprint density at radius 3 is 2.46 bits per heavy atom. The Morgan fingerprint density at radius 2 is 1.79 bits per heavy atom. The van der Waals surface area contributed by atoms with Crippen LogP contribution in [0.25, 0.3) is 0 Å². The Bertz CT molecular complexity index is 967. The number of carbonyl (C=O) groups is 1. The summed E-state index contributed by atoms with van der Waals surface area (Å²) in [5.74, 6) is -0.0150. The van der Waals surface area contributed by atoms with Crippen LogP contribution in [0.2, 0.25) is 0 Å². The molecular formula is C21H25N3O3S. The summed E-state index contributed by atoms with van der Waals surface area (Å²) in [5.41, 5.74) is 1.50. The van der Waals surface area contributed by atoms with Crippen LogP contribution in [0.1, 0.15) is 24.0 Å². The second-order valence-electron chi connectivity index (χ2n) is 7.68. The first-order valence-corrected chi connectivity index (χ1v) is 11.0. The number of rotatable bonds is 4. The van der Waals surface area contributed by atoms with Crippen molar-refractivity contribution in [3.63, 3.8) is 0 Å². The number of aryl methyl sites for hydroxylation is 1. The van der Waals surface area contributed by atoms with Crippen molar-refractivity contribution in [1.29, 1.82) is 0 Å². The number of hydrogen-bond donors (Lipinski definition) is 2. The summed E-state index contributed by atoms with van der Waals surface area (Å²) in [5, 5.41) is 6.53. The average Bonchev–Trinajstić information content (AvgIpc) is 2.97. The normalized spacial score (nSPS) is 22.3. The third-order valence-electron chi connectivity index (χ3n) is 5.62. The number of benzene rings is 2. The molecule has 2 aromatic rings. The van der Waals surface area contributed by atoms with E-state index < -0.39 is 15.7 Å². The molecule has 148 valence electrons. The highest BCUT2D eigenvalue weighted by molar-refractivity contribution is 7.89. The van der Waals surface area contributed by atoms with Gasteiger partial charge >= 0.3 is 0 Å². The van der Waals surface area contributed by atoms with Crippen LogP contribution < -0.4 is 10.6 Å². The molecule has 4 rings (SSSR count). The van der Waals surface area contributed by atoms with Gasteiger partial charge in [0.25, 0.3) is 0 Å². The van der Waals surface area contributed by atoms with E-state index in [0.29, 0.717) is 37.2 Å². The van der Waals surface area contributed by atoms with Crippen LogP contribution in [0.5, 0.6) is 0 Å². The van der Waals surface area contributed by atoms with Crippen LogP contribution in [0, 0.1) is 6.92 Å². The standard InChI is InChI=1S/C21H25N3O3S/c1-16-6-5-9-18(14-16)28(26,27)24-12-10-21(11-13-24)22-19(20(25)23-21)15-17-7-3-2-4-8-17/h2-9,14,19,22H,10-13,15H2,1H3,(H,23,25). The number of amides is 1. The minimum Gasteiger partial charge on any atom is -0.337 e. The van der Waals surface area contributed by atoms with E-state index in [2.05, 4.69) is 10.6 Å². The zero-order chi connectivity index (χ0) is 19.8. The zero-order valence-corrected chi connectivity index (χ0v) is 16.7. The van der Waals surface area contributed by atoms with Crippen molar-refractivity contribution in [2.24, 2.45) is 0 Å². The Balaban J connectivity index is 1.43. The van der Waals surface area contributed by atoms with E-state index in [9.17, 15) is 13.2 Å².